The molecule has 0 N–H and O–H groups in total. The predicted molar refractivity (Wildman–Crippen MR) is 106 cm³/mol. The summed E-state index contributed by atoms with van der Waals surface area (Å²) in [5.74, 6) is 1.59. The molecular weight excluding hydrogens is 352 g/mol. The van der Waals surface area contributed by atoms with Crippen molar-refractivity contribution in [3.63, 3.8) is 0 Å². The van der Waals surface area contributed by atoms with Gasteiger partial charge in [0, 0.05) is 37.3 Å². The van der Waals surface area contributed by atoms with Gasteiger partial charge in [-0.15, -0.1) is 10.2 Å². The van der Waals surface area contributed by atoms with E-state index in [1.165, 1.54) is 5.56 Å². The topological polar surface area (TPSA) is 72.1 Å². The highest BCUT2D eigenvalue weighted by Gasteiger charge is 2.27. The van der Waals surface area contributed by atoms with Gasteiger partial charge in [0.1, 0.15) is 0 Å². The quantitative estimate of drug-likeness (QED) is 0.678. The second-order valence-corrected chi connectivity index (χ2v) is 7.27. The first-order valence-corrected chi connectivity index (χ1v) is 9.77. The smallest absolute Gasteiger partial charge is 0.249 e. The lowest BCUT2D eigenvalue weighted by atomic mass is 9.96. The number of likely N-dealkylation sites (tertiary alicyclic amines) is 1. The van der Waals surface area contributed by atoms with Crippen LogP contribution in [0, 0.1) is 6.92 Å². The maximum atomic E-state index is 12.5. The van der Waals surface area contributed by atoms with Crippen molar-refractivity contribution in [2.75, 3.05) is 13.1 Å². The van der Waals surface area contributed by atoms with E-state index in [4.69, 9.17) is 4.42 Å². The van der Waals surface area contributed by atoms with Crippen molar-refractivity contribution in [2.45, 2.75) is 38.5 Å². The van der Waals surface area contributed by atoms with Crippen LogP contribution in [0.3, 0.4) is 0 Å². The summed E-state index contributed by atoms with van der Waals surface area (Å²) in [5.41, 5.74) is 2.99. The van der Waals surface area contributed by atoms with E-state index in [-0.39, 0.29) is 11.8 Å². The van der Waals surface area contributed by atoms with E-state index in [0.29, 0.717) is 18.2 Å². The number of hydrogen-bond donors (Lipinski definition) is 0. The Morgan fingerprint density at radius 3 is 2.61 bits per heavy atom. The minimum atomic E-state index is 0.206. The summed E-state index contributed by atoms with van der Waals surface area (Å²) < 4.78 is 5.88. The lowest BCUT2D eigenvalue weighted by Crippen LogP contribution is -2.38. The van der Waals surface area contributed by atoms with Crippen LogP contribution in [-0.4, -0.2) is 39.1 Å². The number of benzene rings is 1. The lowest BCUT2D eigenvalue weighted by molar-refractivity contribution is -0.132. The molecule has 0 atom stereocenters. The third-order valence-electron chi connectivity index (χ3n) is 5.27. The minimum Gasteiger partial charge on any atom is -0.420 e. The molecule has 1 aliphatic heterocycles. The van der Waals surface area contributed by atoms with Crippen molar-refractivity contribution in [1.29, 1.82) is 0 Å². The van der Waals surface area contributed by atoms with Gasteiger partial charge in [0.2, 0.25) is 17.7 Å². The number of nitrogens with zero attached hydrogens (tertiary/aromatic N) is 4. The van der Waals surface area contributed by atoms with Crippen molar-refractivity contribution in [2.24, 2.45) is 0 Å². The van der Waals surface area contributed by atoms with Crippen LogP contribution >= 0.6 is 0 Å². The van der Waals surface area contributed by atoms with Crippen LogP contribution in [-0.2, 0) is 11.2 Å². The number of carbonyl (C=O) groups excluding carboxylic acids is 1. The third kappa shape index (κ3) is 4.27. The molecule has 3 aromatic rings. The van der Waals surface area contributed by atoms with Crippen molar-refractivity contribution in [3.8, 4) is 11.5 Å². The van der Waals surface area contributed by atoms with Gasteiger partial charge < -0.3 is 9.32 Å². The molecule has 0 radical (unpaired) electrons. The fourth-order valence-corrected chi connectivity index (χ4v) is 3.54. The van der Waals surface area contributed by atoms with E-state index in [2.05, 4.69) is 27.3 Å². The first kappa shape index (κ1) is 18.3. The van der Waals surface area contributed by atoms with Crippen molar-refractivity contribution in [3.05, 3.63) is 65.8 Å². The molecule has 1 aliphatic rings. The van der Waals surface area contributed by atoms with Crippen LogP contribution in [0.4, 0.5) is 0 Å². The van der Waals surface area contributed by atoms with Crippen LogP contribution < -0.4 is 0 Å². The number of hydrogen-bond acceptors (Lipinski definition) is 5. The Balaban J connectivity index is 1.30. The largest absolute Gasteiger partial charge is 0.420 e. The lowest BCUT2D eigenvalue weighted by Gasteiger charge is -2.30. The molecule has 0 aliphatic carbocycles. The molecule has 0 bridgehead atoms. The molecular formula is C22H24N4O2. The first-order valence-electron chi connectivity index (χ1n) is 9.77. The monoisotopic (exact) mass is 376 g/mol. The first-order chi connectivity index (χ1) is 13.7. The maximum absolute atomic E-state index is 12.5. The number of aryl methyl sites for hydroxylation is 2. The highest BCUT2D eigenvalue weighted by atomic mass is 16.4. The van der Waals surface area contributed by atoms with Gasteiger partial charge in [-0.05, 0) is 43.9 Å². The normalized spacial score (nSPS) is 15.0. The summed E-state index contributed by atoms with van der Waals surface area (Å²) in [5, 5.41) is 8.41. The van der Waals surface area contributed by atoms with E-state index < -0.39 is 0 Å². The number of rotatable bonds is 5. The summed E-state index contributed by atoms with van der Waals surface area (Å²) in [6.45, 7) is 3.42. The molecule has 1 fully saturated rings. The standard InChI is InChI=1S/C22H24N4O2/c1-16-7-9-19(15-23-16)22-25-24-21(28-22)18-11-13-26(14-12-18)20(27)10-8-17-5-3-2-4-6-17/h2-7,9,15,18H,8,10-14H2,1H3. The Labute approximate surface area is 164 Å². The van der Waals surface area contributed by atoms with Crippen LogP contribution in [0.5, 0.6) is 0 Å². The fourth-order valence-electron chi connectivity index (χ4n) is 3.54. The van der Waals surface area contributed by atoms with E-state index in [1.54, 1.807) is 6.20 Å². The molecule has 0 unspecified atom stereocenters. The number of piperidine rings is 1. The second kappa shape index (κ2) is 8.33. The Morgan fingerprint density at radius 2 is 1.89 bits per heavy atom. The Bertz CT molecular complexity index is 913. The molecule has 2 aromatic heterocycles. The molecule has 1 amide bonds. The van der Waals surface area contributed by atoms with Gasteiger partial charge in [0.25, 0.3) is 0 Å². The van der Waals surface area contributed by atoms with Crippen LogP contribution in [0.25, 0.3) is 11.5 Å². The molecule has 0 spiro atoms. The average Bonchev–Trinajstić information content (AvgIpc) is 3.24. The summed E-state index contributed by atoms with van der Waals surface area (Å²) in [6.07, 6.45) is 4.80. The van der Waals surface area contributed by atoms with Crippen LogP contribution in [0.2, 0.25) is 0 Å². The van der Waals surface area contributed by atoms with Gasteiger partial charge in [-0.2, -0.15) is 0 Å². The van der Waals surface area contributed by atoms with Gasteiger partial charge >= 0.3 is 0 Å². The van der Waals surface area contributed by atoms with Crippen molar-refractivity contribution in [1.82, 2.24) is 20.1 Å². The number of aromatic nitrogens is 3. The summed E-state index contributed by atoms with van der Waals surface area (Å²) in [4.78, 5) is 18.7. The predicted octanol–water partition coefficient (Wildman–Crippen LogP) is 3.78. The summed E-state index contributed by atoms with van der Waals surface area (Å²) >= 11 is 0. The van der Waals surface area contributed by atoms with Crippen LogP contribution in [0.1, 0.15) is 42.3 Å². The number of amides is 1. The van der Waals surface area contributed by atoms with Crippen molar-refractivity contribution < 1.29 is 9.21 Å². The molecule has 6 nitrogen and oxygen atoms in total. The summed E-state index contributed by atoms with van der Waals surface area (Å²) in [7, 11) is 0. The molecule has 1 saturated heterocycles. The minimum absolute atomic E-state index is 0.206. The van der Waals surface area contributed by atoms with Crippen molar-refractivity contribution >= 4 is 5.91 Å². The summed E-state index contributed by atoms with van der Waals surface area (Å²) in [6, 6.07) is 14.0. The zero-order valence-electron chi connectivity index (χ0n) is 16.0. The number of carbonyl (C=O) groups is 1. The van der Waals surface area contributed by atoms with E-state index in [9.17, 15) is 4.79 Å². The molecule has 28 heavy (non-hydrogen) atoms. The highest BCUT2D eigenvalue weighted by Crippen LogP contribution is 2.29. The SMILES string of the molecule is Cc1ccc(-c2nnc(C3CCN(C(=O)CCc4ccccc4)CC3)o2)cn1. The Morgan fingerprint density at radius 1 is 1.11 bits per heavy atom. The average molecular weight is 376 g/mol. The molecule has 0 saturated carbocycles. The molecule has 6 heteroatoms. The van der Waals surface area contributed by atoms with E-state index in [1.807, 2.05) is 42.2 Å². The maximum Gasteiger partial charge on any atom is 0.249 e. The zero-order valence-corrected chi connectivity index (χ0v) is 16.0. The van der Waals surface area contributed by atoms with Gasteiger partial charge in [-0.1, -0.05) is 30.3 Å². The Hall–Kier alpha value is -3.02. The zero-order chi connectivity index (χ0) is 19.3. The van der Waals surface area contributed by atoms with Gasteiger partial charge in [-0.25, -0.2) is 0 Å². The Kier molecular flexibility index (Phi) is 5.46. The van der Waals surface area contributed by atoms with Crippen LogP contribution in [0.15, 0.2) is 53.1 Å². The fraction of sp³-hybridized carbons (Fsp3) is 0.364. The molecule has 3 heterocycles. The van der Waals surface area contributed by atoms with E-state index >= 15 is 0 Å². The highest BCUT2D eigenvalue weighted by molar-refractivity contribution is 5.76. The van der Waals surface area contributed by atoms with E-state index in [0.717, 1.165) is 43.6 Å². The second-order valence-electron chi connectivity index (χ2n) is 7.27. The van der Waals surface area contributed by atoms with Gasteiger partial charge in [0.05, 0.1) is 5.56 Å². The molecule has 144 valence electrons. The third-order valence-corrected chi connectivity index (χ3v) is 5.27. The number of pyridine rings is 1. The van der Waals surface area contributed by atoms with Gasteiger partial charge in [0.15, 0.2) is 0 Å². The molecule has 1 aromatic carbocycles. The van der Waals surface area contributed by atoms with Gasteiger partial charge in [-0.3, -0.25) is 9.78 Å². The molecule has 4 rings (SSSR count).